The lowest BCUT2D eigenvalue weighted by atomic mass is 10.0. The summed E-state index contributed by atoms with van der Waals surface area (Å²) >= 11 is 0. The zero-order valence-corrected chi connectivity index (χ0v) is 13.4. The third kappa shape index (κ3) is 5.58. The summed E-state index contributed by atoms with van der Waals surface area (Å²) in [5, 5.41) is 0. The maximum absolute atomic E-state index is 11.9. The second-order valence-corrected chi connectivity index (χ2v) is 5.43. The molecule has 116 valence electrons. The summed E-state index contributed by atoms with van der Waals surface area (Å²) in [6, 6.07) is 7.08. The van der Waals surface area contributed by atoms with Crippen molar-refractivity contribution in [3.8, 4) is 5.75 Å². The van der Waals surface area contributed by atoms with Gasteiger partial charge in [-0.1, -0.05) is 38.8 Å². The average molecular weight is 291 g/mol. The Morgan fingerprint density at radius 2 is 1.95 bits per heavy atom. The predicted molar refractivity (Wildman–Crippen MR) is 84.5 cm³/mol. The van der Waals surface area contributed by atoms with E-state index in [4.69, 9.17) is 4.74 Å². The number of rotatable bonds is 7. The van der Waals surface area contributed by atoms with Crippen LogP contribution < -0.4 is 9.64 Å². The molecule has 0 saturated carbocycles. The smallest absolute Gasteiger partial charge is 0.311 e. The normalized spacial score (nSPS) is 11.8. The van der Waals surface area contributed by atoms with E-state index in [9.17, 15) is 9.59 Å². The molecule has 1 aromatic rings. The minimum absolute atomic E-state index is 0.102. The number of amides is 1. The van der Waals surface area contributed by atoms with Crippen molar-refractivity contribution in [3.63, 3.8) is 0 Å². The van der Waals surface area contributed by atoms with Gasteiger partial charge in [0.1, 0.15) is 0 Å². The Bertz CT molecular complexity index is 485. The Labute approximate surface area is 127 Å². The van der Waals surface area contributed by atoms with Gasteiger partial charge in [0.2, 0.25) is 5.91 Å². The van der Waals surface area contributed by atoms with Crippen LogP contribution in [-0.2, 0) is 9.59 Å². The van der Waals surface area contributed by atoms with Gasteiger partial charge < -0.3 is 9.64 Å². The van der Waals surface area contributed by atoms with Crippen molar-refractivity contribution in [1.29, 1.82) is 0 Å². The molecule has 21 heavy (non-hydrogen) atoms. The predicted octanol–water partition coefficient (Wildman–Crippen LogP) is 3.79. The number of para-hydroxylation sites is 2. The first kappa shape index (κ1) is 17.2. The zero-order chi connectivity index (χ0) is 15.8. The molecule has 0 radical (unpaired) electrons. The van der Waals surface area contributed by atoms with E-state index in [0.29, 0.717) is 23.8 Å². The molecule has 0 N–H and O–H groups in total. The van der Waals surface area contributed by atoms with Gasteiger partial charge in [-0.05, 0) is 24.5 Å². The van der Waals surface area contributed by atoms with Gasteiger partial charge in [-0.3, -0.25) is 9.59 Å². The molecule has 1 rings (SSSR count). The summed E-state index contributed by atoms with van der Waals surface area (Å²) in [5.74, 6) is 0.718. The Hall–Kier alpha value is -1.84. The second kappa shape index (κ2) is 8.45. The molecule has 0 fully saturated rings. The van der Waals surface area contributed by atoms with Crippen molar-refractivity contribution in [2.24, 2.45) is 5.92 Å². The van der Waals surface area contributed by atoms with Crippen LogP contribution >= 0.6 is 0 Å². The third-order valence-electron chi connectivity index (χ3n) is 3.70. The van der Waals surface area contributed by atoms with Gasteiger partial charge in [0, 0.05) is 20.4 Å². The van der Waals surface area contributed by atoms with Crippen molar-refractivity contribution in [2.45, 2.75) is 46.5 Å². The highest BCUT2D eigenvalue weighted by molar-refractivity contribution is 5.93. The second-order valence-electron chi connectivity index (χ2n) is 5.43. The third-order valence-corrected chi connectivity index (χ3v) is 3.70. The molecule has 0 aliphatic heterocycles. The van der Waals surface area contributed by atoms with Crippen LogP contribution in [0.2, 0.25) is 0 Å². The topological polar surface area (TPSA) is 46.6 Å². The number of carbonyl (C=O) groups is 2. The van der Waals surface area contributed by atoms with Crippen LogP contribution in [0.4, 0.5) is 5.69 Å². The van der Waals surface area contributed by atoms with Gasteiger partial charge in [0.25, 0.3) is 0 Å². The Kier molecular flexibility index (Phi) is 6.92. The SMILES string of the molecule is CCC(C)CCCC(=O)Oc1ccccc1N(C)C(C)=O. The highest BCUT2D eigenvalue weighted by atomic mass is 16.5. The average Bonchev–Trinajstić information content (AvgIpc) is 2.46. The van der Waals surface area contributed by atoms with E-state index in [-0.39, 0.29) is 11.9 Å². The summed E-state index contributed by atoms with van der Waals surface area (Å²) in [7, 11) is 1.66. The van der Waals surface area contributed by atoms with Crippen LogP contribution in [0.15, 0.2) is 24.3 Å². The number of nitrogens with zero attached hydrogens (tertiary/aromatic N) is 1. The number of ether oxygens (including phenoxy) is 1. The first-order chi connectivity index (χ1) is 9.95. The Morgan fingerprint density at radius 3 is 2.57 bits per heavy atom. The maximum Gasteiger partial charge on any atom is 0.311 e. The van der Waals surface area contributed by atoms with Crippen molar-refractivity contribution in [1.82, 2.24) is 0 Å². The summed E-state index contributed by atoms with van der Waals surface area (Å²) in [6.45, 7) is 5.81. The summed E-state index contributed by atoms with van der Waals surface area (Å²) in [4.78, 5) is 24.8. The molecule has 0 aliphatic rings. The quantitative estimate of drug-likeness (QED) is 0.567. The minimum atomic E-state index is -0.247. The summed E-state index contributed by atoms with van der Waals surface area (Å²) in [6.07, 6.45) is 3.39. The molecule has 1 unspecified atom stereocenters. The molecule has 0 saturated heterocycles. The lowest BCUT2D eigenvalue weighted by Gasteiger charge is -2.18. The zero-order valence-electron chi connectivity index (χ0n) is 13.4. The standard InChI is InChI=1S/C17H25NO3/c1-5-13(2)9-8-12-17(20)21-16-11-7-6-10-15(16)18(4)14(3)19/h6-7,10-11,13H,5,8-9,12H2,1-4H3. The van der Waals surface area contributed by atoms with Gasteiger partial charge in [-0.2, -0.15) is 0 Å². The fraction of sp³-hybridized carbons (Fsp3) is 0.529. The first-order valence-corrected chi connectivity index (χ1v) is 7.49. The molecular weight excluding hydrogens is 266 g/mol. The number of hydrogen-bond donors (Lipinski definition) is 0. The molecule has 4 nitrogen and oxygen atoms in total. The molecule has 0 heterocycles. The van der Waals surface area contributed by atoms with E-state index in [1.165, 1.54) is 11.8 Å². The first-order valence-electron chi connectivity index (χ1n) is 7.49. The minimum Gasteiger partial charge on any atom is -0.424 e. The Morgan fingerprint density at radius 1 is 1.29 bits per heavy atom. The molecule has 1 amide bonds. The number of carbonyl (C=O) groups excluding carboxylic acids is 2. The van der Waals surface area contributed by atoms with Gasteiger partial charge in [0.15, 0.2) is 5.75 Å². The number of hydrogen-bond acceptors (Lipinski definition) is 3. The molecule has 0 aromatic heterocycles. The van der Waals surface area contributed by atoms with Gasteiger partial charge in [0.05, 0.1) is 5.69 Å². The molecule has 4 heteroatoms. The van der Waals surface area contributed by atoms with Crippen LogP contribution in [0, 0.1) is 5.92 Å². The summed E-state index contributed by atoms with van der Waals surface area (Å²) in [5.41, 5.74) is 0.611. The van der Waals surface area contributed by atoms with Crippen molar-refractivity contribution >= 4 is 17.6 Å². The fourth-order valence-corrected chi connectivity index (χ4v) is 1.96. The van der Waals surface area contributed by atoms with E-state index in [2.05, 4.69) is 13.8 Å². The summed E-state index contributed by atoms with van der Waals surface area (Å²) < 4.78 is 5.40. The van der Waals surface area contributed by atoms with Crippen LogP contribution in [0.25, 0.3) is 0 Å². The van der Waals surface area contributed by atoms with Crippen LogP contribution in [0.1, 0.15) is 46.5 Å². The van der Waals surface area contributed by atoms with E-state index in [1.54, 1.807) is 25.2 Å². The number of esters is 1. The molecule has 0 aliphatic carbocycles. The molecule has 0 bridgehead atoms. The maximum atomic E-state index is 11.9. The van der Waals surface area contributed by atoms with Crippen molar-refractivity contribution in [3.05, 3.63) is 24.3 Å². The number of benzene rings is 1. The molecular formula is C17H25NO3. The van der Waals surface area contributed by atoms with Gasteiger partial charge in [-0.25, -0.2) is 0 Å². The monoisotopic (exact) mass is 291 g/mol. The van der Waals surface area contributed by atoms with E-state index >= 15 is 0 Å². The van der Waals surface area contributed by atoms with Crippen LogP contribution in [0.3, 0.4) is 0 Å². The Balaban J connectivity index is 2.62. The lowest BCUT2D eigenvalue weighted by molar-refractivity contribution is -0.134. The van der Waals surface area contributed by atoms with E-state index < -0.39 is 0 Å². The molecule has 1 atom stereocenters. The van der Waals surface area contributed by atoms with Crippen molar-refractivity contribution in [2.75, 3.05) is 11.9 Å². The van der Waals surface area contributed by atoms with E-state index in [1.807, 2.05) is 6.07 Å². The fourth-order valence-electron chi connectivity index (χ4n) is 1.96. The largest absolute Gasteiger partial charge is 0.424 e. The van der Waals surface area contributed by atoms with E-state index in [0.717, 1.165) is 19.3 Å². The van der Waals surface area contributed by atoms with Gasteiger partial charge in [-0.15, -0.1) is 0 Å². The van der Waals surface area contributed by atoms with Crippen molar-refractivity contribution < 1.29 is 14.3 Å². The lowest BCUT2D eigenvalue weighted by Crippen LogP contribution is -2.24. The van der Waals surface area contributed by atoms with Crippen LogP contribution in [0.5, 0.6) is 5.75 Å². The van der Waals surface area contributed by atoms with Crippen LogP contribution in [-0.4, -0.2) is 18.9 Å². The van der Waals surface area contributed by atoms with Gasteiger partial charge >= 0.3 is 5.97 Å². The molecule has 1 aromatic carbocycles. The highest BCUT2D eigenvalue weighted by Gasteiger charge is 2.14. The highest BCUT2D eigenvalue weighted by Crippen LogP contribution is 2.27. The molecule has 0 spiro atoms. The number of anilines is 1.